The van der Waals surface area contributed by atoms with Gasteiger partial charge in [0.05, 0.1) is 12.8 Å². The van der Waals surface area contributed by atoms with E-state index in [1.165, 1.54) is 0 Å². The van der Waals surface area contributed by atoms with Crippen LogP contribution < -0.4 is 9.54 Å². The van der Waals surface area contributed by atoms with E-state index in [0.29, 0.717) is 13.2 Å². The van der Waals surface area contributed by atoms with Gasteiger partial charge in [0.2, 0.25) is 4.80 Å². The lowest BCUT2D eigenvalue weighted by Crippen LogP contribution is -2.12. The van der Waals surface area contributed by atoms with Gasteiger partial charge >= 0.3 is 0 Å². The van der Waals surface area contributed by atoms with E-state index < -0.39 is 0 Å². The second kappa shape index (κ2) is 8.27. The van der Waals surface area contributed by atoms with Gasteiger partial charge in [0, 0.05) is 22.9 Å². The number of aromatic nitrogens is 1. The molecule has 4 rings (SSSR count). The minimum atomic E-state index is 0.608. The number of ether oxygens (including phenoxy) is 1. The van der Waals surface area contributed by atoms with Crippen LogP contribution in [0.5, 0.6) is 5.75 Å². The van der Waals surface area contributed by atoms with Crippen LogP contribution in [-0.2, 0) is 0 Å². The molecule has 28 heavy (non-hydrogen) atoms. The minimum absolute atomic E-state index is 0.608. The molecule has 0 radical (unpaired) electrons. The lowest BCUT2D eigenvalue weighted by molar-refractivity contribution is 0.340. The third kappa shape index (κ3) is 3.64. The Morgan fingerprint density at radius 1 is 1.11 bits per heavy atom. The van der Waals surface area contributed by atoms with Crippen molar-refractivity contribution in [1.29, 1.82) is 0 Å². The standard InChI is InChI=1S/C22H21N3O2S/c1-3-23-22-25(24-14-17-10-6-7-11-19(17)26-4-2)18(15-28-22)21-13-16-9-5-8-12-20(16)27-21/h5-15H,3-4H2,1-2H3. The fraction of sp³-hybridized carbons (Fsp3) is 0.182. The first-order chi connectivity index (χ1) is 13.8. The van der Waals surface area contributed by atoms with E-state index in [1.54, 1.807) is 17.6 Å². The topological polar surface area (TPSA) is 52.0 Å². The van der Waals surface area contributed by atoms with Gasteiger partial charge in [0.15, 0.2) is 5.76 Å². The molecule has 142 valence electrons. The minimum Gasteiger partial charge on any atom is -0.493 e. The maximum absolute atomic E-state index is 6.05. The van der Waals surface area contributed by atoms with Gasteiger partial charge in [0.25, 0.3) is 0 Å². The molecule has 6 heteroatoms. The second-order valence-electron chi connectivity index (χ2n) is 6.05. The molecule has 2 aromatic carbocycles. The zero-order valence-corrected chi connectivity index (χ0v) is 16.6. The highest BCUT2D eigenvalue weighted by atomic mass is 32.1. The van der Waals surface area contributed by atoms with Gasteiger partial charge in [-0.1, -0.05) is 30.3 Å². The molecule has 0 bridgehead atoms. The molecule has 0 atom stereocenters. The van der Waals surface area contributed by atoms with Crippen molar-refractivity contribution in [3.05, 3.63) is 70.3 Å². The lowest BCUT2D eigenvalue weighted by atomic mass is 10.2. The highest BCUT2D eigenvalue weighted by Gasteiger charge is 2.12. The van der Waals surface area contributed by atoms with Crippen LogP contribution in [-0.4, -0.2) is 24.0 Å². The first kappa shape index (κ1) is 18.3. The highest BCUT2D eigenvalue weighted by Crippen LogP contribution is 2.28. The number of fused-ring (bicyclic) bond motifs is 1. The Morgan fingerprint density at radius 3 is 2.75 bits per heavy atom. The number of benzene rings is 2. The molecule has 0 aliphatic carbocycles. The molecule has 0 aliphatic heterocycles. The fourth-order valence-electron chi connectivity index (χ4n) is 2.93. The van der Waals surface area contributed by atoms with Crippen molar-refractivity contribution in [2.45, 2.75) is 13.8 Å². The summed E-state index contributed by atoms with van der Waals surface area (Å²) in [7, 11) is 0. The van der Waals surface area contributed by atoms with Crippen LogP contribution in [0, 0.1) is 0 Å². The van der Waals surface area contributed by atoms with Crippen LogP contribution in [0.1, 0.15) is 19.4 Å². The maximum Gasteiger partial charge on any atom is 0.206 e. The number of rotatable bonds is 6. The number of thiazole rings is 1. The summed E-state index contributed by atoms with van der Waals surface area (Å²) in [5.74, 6) is 1.58. The molecule has 0 spiro atoms. The van der Waals surface area contributed by atoms with Gasteiger partial charge in [-0.25, -0.2) is 4.68 Å². The second-order valence-corrected chi connectivity index (χ2v) is 6.89. The molecule has 4 aromatic rings. The van der Waals surface area contributed by atoms with E-state index in [2.05, 4.69) is 4.99 Å². The van der Waals surface area contributed by atoms with Crippen LogP contribution in [0.4, 0.5) is 0 Å². The predicted molar refractivity (Wildman–Crippen MR) is 114 cm³/mol. The molecule has 2 aromatic heterocycles. The summed E-state index contributed by atoms with van der Waals surface area (Å²) in [4.78, 5) is 5.39. The summed E-state index contributed by atoms with van der Waals surface area (Å²) < 4.78 is 13.6. The van der Waals surface area contributed by atoms with Crippen molar-refractivity contribution in [3.8, 4) is 17.2 Å². The summed E-state index contributed by atoms with van der Waals surface area (Å²) in [6, 6.07) is 17.9. The summed E-state index contributed by atoms with van der Waals surface area (Å²) >= 11 is 1.55. The van der Waals surface area contributed by atoms with Crippen LogP contribution in [0.15, 0.2) is 74.5 Å². The molecule has 0 amide bonds. The van der Waals surface area contributed by atoms with Gasteiger partial charge in [-0.15, -0.1) is 11.3 Å². The average Bonchev–Trinajstić information content (AvgIpc) is 3.31. The van der Waals surface area contributed by atoms with Crippen molar-refractivity contribution in [3.63, 3.8) is 0 Å². The molecule has 2 heterocycles. The number of hydrogen-bond acceptors (Lipinski definition) is 5. The Balaban J connectivity index is 1.80. The summed E-state index contributed by atoms with van der Waals surface area (Å²) in [6.45, 7) is 5.28. The van der Waals surface area contributed by atoms with Gasteiger partial charge < -0.3 is 9.15 Å². The number of nitrogens with zero attached hydrogens (tertiary/aromatic N) is 3. The van der Waals surface area contributed by atoms with Crippen molar-refractivity contribution in [2.24, 2.45) is 10.1 Å². The number of furan rings is 1. The largest absolute Gasteiger partial charge is 0.493 e. The zero-order valence-electron chi connectivity index (χ0n) is 15.8. The monoisotopic (exact) mass is 391 g/mol. The smallest absolute Gasteiger partial charge is 0.206 e. The first-order valence-corrected chi connectivity index (χ1v) is 10.1. The van der Waals surface area contributed by atoms with E-state index in [9.17, 15) is 0 Å². The number of para-hydroxylation sites is 2. The van der Waals surface area contributed by atoms with Crippen LogP contribution in [0.3, 0.4) is 0 Å². The molecule has 0 saturated carbocycles. The van der Waals surface area contributed by atoms with Crippen LogP contribution in [0.25, 0.3) is 22.4 Å². The van der Waals surface area contributed by atoms with Crippen molar-refractivity contribution in [2.75, 3.05) is 13.2 Å². The maximum atomic E-state index is 6.05. The third-order valence-corrected chi connectivity index (χ3v) is 5.04. The van der Waals surface area contributed by atoms with Gasteiger partial charge in [-0.3, -0.25) is 4.99 Å². The van der Waals surface area contributed by atoms with E-state index >= 15 is 0 Å². The van der Waals surface area contributed by atoms with Gasteiger partial charge in [-0.05, 0) is 38.1 Å². The molecule has 0 unspecified atom stereocenters. The van der Waals surface area contributed by atoms with E-state index in [0.717, 1.165) is 38.5 Å². The van der Waals surface area contributed by atoms with Crippen LogP contribution in [0.2, 0.25) is 0 Å². The average molecular weight is 391 g/mol. The fourth-order valence-corrected chi connectivity index (χ4v) is 3.81. The van der Waals surface area contributed by atoms with Crippen molar-refractivity contribution < 1.29 is 9.15 Å². The van der Waals surface area contributed by atoms with E-state index in [1.807, 2.05) is 78.5 Å². The van der Waals surface area contributed by atoms with Crippen LogP contribution >= 0.6 is 11.3 Å². The van der Waals surface area contributed by atoms with E-state index in [4.69, 9.17) is 14.3 Å². The Morgan fingerprint density at radius 2 is 1.93 bits per heavy atom. The molecule has 0 N–H and O–H groups in total. The van der Waals surface area contributed by atoms with Crippen molar-refractivity contribution >= 4 is 28.5 Å². The lowest BCUT2D eigenvalue weighted by Gasteiger charge is -2.06. The molecular formula is C22H21N3O2S. The summed E-state index contributed by atoms with van der Waals surface area (Å²) in [5, 5.41) is 7.80. The quantitative estimate of drug-likeness (QED) is 0.426. The summed E-state index contributed by atoms with van der Waals surface area (Å²) in [6.07, 6.45) is 1.80. The number of hydrogen-bond donors (Lipinski definition) is 0. The molecule has 5 nitrogen and oxygen atoms in total. The Kier molecular flexibility index (Phi) is 5.39. The zero-order chi connectivity index (χ0) is 19.3. The normalized spacial score (nSPS) is 12.3. The summed E-state index contributed by atoms with van der Waals surface area (Å²) in [5.41, 5.74) is 2.65. The molecular weight excluding hydrogens is 370 g/mol. The third-order valence-electron chi connectivity index (χ3n) is 4.19. The SMILES string of the molecule is CCN=c1scc(-c2cc3ccccc3o2)n1N=Cc1ccccc1OCC. The molecule has 0 saturated heterocycles. The van der Waals surface area contributed by atoms with Crippen molar-refractivity contribution in [1.82, 2.24) is 4.68 Å². The van der Waals surface area contributed by atoms with Gasteiger partial charge in [0.1, 0.15) is 17.0 Å². The Bertz CT molecular complexity index is 1150. The van der Waals surface area contributed by atoms with E-state index in [-0.39, 0.29) is 0 Å². The first-order valence-electron chi connectivity index (χ1n) is 9.26. The van der Waals surface area contributed by atoms with Gasteiger partial charge in [-0.2, -0.15) is 5.10 Å². The highest BCUT2D eigenvalue weighted by molar-refractivity contribution is 7.07. The Hall–Kier alpha value is -3.12. The Labute approximate surface area is 167 Å². The molecule has 0 aliphatic rings. The predicted octanol–water partition coefficient (Wildman–Crippen LogP) is 5.16. The molecule has 0 fully saturated rings.